The molecule has 4 nitrogen and oxygen atoms in total. The molecule has 0 saturated heterocycles. The molecule has 1 aliphatic carbocycles. The minimum atomic E-state index is -0.0254. The molecule has 112 valence electrons. The second-order valence-corrected chi connectivity index (χ2v) is 6.26. The monoisotopic (exact) mass is 285 g/mol. The lowest BCUT2D eigenvalue weighted by molar-refractivity contribution is 0.0932. The van der Waals surface area contributed by atoms with Crippen LogP contribution in [0.3, 0.4) is 0 Å². The fourth-order valence-corrected chi connectivity index (χ4v) is 3.29. The molecule has 2 aromatic rings. The summed E-state index contributed by atoms with van der Waals surface area (Å²) >= 11 is 0. The van der Waals surface area contributed by atoms with E-state index in [1.165, 1.54) is 25.7 Å². The van der Waals surface area contributed by atoms with Gasteiger partial charge in [0.05, 0.1) is 0 Å². The molecule has 3 rings (SSSR count). The molecule has 1 aliphatic rings. The van der Waals surface area contributed by atoms with Gasteiger partial charge in [0.15, 0.2) is 0 Å². The summed E-state index contributed by atoms with van der Waals surface area (Å²) in [7, 11) is 0. The van der Waals surface area contributed by atoms with Crippen LogP contribution in [-0.4, -0.2) is 17.4 Å². The van der Waals surface area contributed by atoms with Crippen molar-refractivity contribution >= 4 is 22.5 Å². The highest BCUT2D eigenvalue weighted by Crippen LogP contribution is 2.29. The average Bonchev–Trinajstić information content (AvgIpc) is 2.89. The Morgan fingerprint density at radius 1 is 1.33 bits per heavy atom. The number of nitrogens with two attached hydrogens (primary N) is 1. The van der Waals surface area contributed by atoms with Gasteiger partial charge in [-0.2, -0.15) is 0 Å². The Bertz CT molecular complexity index is 647. The van der Waals surface area contributed by atoms with Crippen LogP contribution < -0.4 is 11.1 Å². The summed E-state index contributed by atoms with van der Waals surface area (Å²) in [5, 5.41) is 4.05. The smallest absolute Gasteiger partial charge is 0.267 e. The standard InChI is InChI=1S/C17H23N3O/c1-11-4-2-3-5-12(11)10-19-17(21)16-9-13-8-14(18)6-7-15(13)20-16/h6-9,11-12,20H,2-5,10,18H2,1H3,(H,19,21). The first kappa shape index (κ1) is 14.0. The maximum atomic E-state index is 12.3. The van der Waals surface area contributed by atoms with Gasteiger partial charge in [-0.1, -0.05) is 26.2 Å². The van der Waals surface area contributed by atoms with Crippen molar-refractivity contribution in [1.82, 2.24) is 10.3 Å². The number of amides is 1. The van der Waals surface area contributed by atoms with E-state index in [0.29, 0.717) is 23.2 Å². The minimum Gasteiger partial charge on any atom is -0.399 e. The van der Waals surface area contributed by atoms with Crippen LogP contribution in [0.4, 0.5) is 5.69 Å². The predicted octanol–water partition coefficient (Wildman–Crippen LogP) is 3.31. The van der Waals surface area contributed by atoms with Crippen molar-refractivity contribution in [2.75, 3.05) is 12.3 Å². The van der Waals surface area contributed by atoms with Crippen LogP contribution in [0.25, 0.3) is 10.9 Å². The molecule has 4 N–H and O–H groups in total. The van der Waals surface area contributed by atoms with E-state index in [-0.39, 0.29) is 5.91 Å². The zero-order valence-electron chi connectivity index (χ0n) is 12.5. The van der Waals surface area contributed by atoms with Crippen LogP contribution in [-0.2, 0) is 0 Å². The molecular formula is C17H23N3O. The van der Waals surface area contributed by atoms with Gasteiger partial charge in [-0.15, -0.1) is 0 Å². The average molecular weight is 285 g/mol. The molecule has 21 heavy (non-hydrogen) atoms. The van der Waals surface area contributed by atoms with Gasteiger partial charge >= 0.3 is 0 Å². The highest BCUT2D eigenvalue weighted by Gasteiger charge is 2.22. The van der Waals surface area contributed by atoms with Gasteiger partial charge < -0.3 is 16.0 Å². The summed E-state index contributed by atoms with van der Waals surface area (Å²) in [6, 6.07) is 7.49. The zero-order valence-corrected chi connectivity index (χ0v) is 12.5. The number of aromatic amines is 1. The van der Waals surface area contributed by atoms with Crippen molar-refractivity contribution in [2.45, 2.75) is 32.6 Å². The van der Waals surface area contributed by atoms with Gasteiger partial charge in [-0.05, 0) is 42.5 Å². The number of carbonyl (C=O) groups is 1. The normalized spacial score (nSPS) is 22.3. The van der Waals surface area contributed by atoms with Crippen molar-refractivity contribution in [3.63, 3.8) is 0 Å². The van der Waals surface area contributed by atoms with Crippen LogP contribution in [0.1, 0.15) is 43.1 Å². The fraction of sp³-hybridized carbons (Fsp3) is 0.471. The van der Waals surface area contributed by atoms with E-state index in [1.54, 1.807) is 0 Å². The maximum Gasteiger partial charge on any atom is 0.267 e. The molecular weight excluding hydrogens is 262 g/mol. The van der Waals surface area contributed by atoms with Crippen molar-refractivity contribution in [3.05, 3.63) is 30.0 Å². The number of fused-ring (bicyclic) bond motifs is 1. The molecule has 1 fully saturated rings. The summed E-state index contributed by atoms with van der Waals surface area (Å²) < 4.78 is 0. The number of hydrogen-bond donors (Lipinski definition) is 3. The summed E-state index contributed by atoms with van der Waals surface area (Å²) in [4.78, 5) is 15.4. The minimum absolute atomic E-state index is 0.0254. The number of benzene rings is 1. The van der Waals surface area contributed by atoms with Gasteiger partial charge in [-0.3, -0.25) is 4.79 Å². The number of anilines is 1. The molecule has 4 heteroatoms. The van der Waals surface area contributed by atoms with Gasteiger partial charge in [0.2, 0.25) is 0 Å². The van der Waals surface area contributed by atoms with Crippen molar-refractivity contribution < 1.29 is 4.79 Å². The maximum absolute atomic E-state index is 12.3. The van der Waals surface area contributed by atoms with E-state index in [2.05, 4.69) is 17.2 Å². The fourth-order valence-electron chi connectivity index (χ4n) is 3.29. The molecule has 0 spiro atoms. The third kappa shape index (κ3) is 3.04. The zero-order chi connectivity index (χ0) is 14.8. The number of rotatable bonds is 3. The quantitative estimate of drug-likeness (QED) is 0.757. The number of hydrogen-bond acceptors (Lipinski definition) is 2. The topological polar surface area (TPSA) is 70.9 Å². The number of nitrogens with one attached hydrogen (secondary N) is 2. The van der Waals surface area contributed by atoms with E-state index < -0.39 is 0 Å². The van der Waals surface area contributed by atoms with E-state index in [0.717, 1.165) is 17.4 Å². The van der Waals surface area contributed by atoms with Crippen molar-refractivity contribution in [2.24, 2.45) is 11.8 Å². The number of carbonyl (C=O) groups excluding carboxylic acids is 1. The van der Waals surface area contributed by atoms with Gasteiger partial charge in [-0.25, -0.2) is 0 Å². The molecule has 0 bridgehead atoms. The summed E-state index contributed by atoms with van der Waals surface area (Å²) in [5.74, 6) is 1.30. The first-order valence-electron chi connectivity index (χ1n) is 7.80. The lowest BCUT2D eigenvalue weighted by atomic mass is 9.80. The molecule has 1 aromatic carbocycles. The Labute approximate surface area is 125 Å². The molecule has 2 unspecified atom stereocenters. The first-order chi connectivity index (χ1) is 10.1. The number of aromatic nitrogens is 1. The van der Waals surface area contributed by atoms with Gasteiger partial charge in [0, 0.05) is 23.1 Å². The molecule has 1 saturated carbocycles. The van der Waals surface area contributed by atoms with E-state index in [9.17, 15) is 4.79 Å². The molecule has 1 amide bonds. The molecule has 1 aromatic heterocycles. The Kier molecular flexibility index (Phi) is 3.86. The van der Waals surface area contributed by atoms with E-state index in [4.69, 9.17) is 5.73 Å². The van der Waals surface area contributed by atoms with Gasteiger partial charge in [0.25, 0.3) is 5.91 Å². The van der Waals surface area contributed by atoms with Crippen LogP contribution in [0.2, 0.25) is 0 Å². The number of nitrogen functional groups attached to an aromatic ring is 1. The Balaban J connectivity index is 1.66. The predicted molar refractivity (Wildman–Crippen MR) is 86.2 cm³/mol. The van der Waals surface area contributed by atoms with E-state index >= 15 is 0 Å². The Hall–Kier alpha value is -1.97. The SMILES string of the molecule is CC1CCCCC1CNC(=O)c1cc2cc(N)ccc2[nH]1. The first-order valence-corrected chi connectivity index (χ1v) is 7.80. The second-order valence-electron chi connectivity index (χ2n) is 6.26. The van der Waals surface area contributed by atoms with Crippen LogP contribution >= 0.6 is 0 Å². The van der Waals surface area contributed by atoms with E-state index in [1.807, 2.05) is 24.3 Å². The lowest BCUT2D eigenvalue weighted by Gasteiger charge is -2.28. The molecule has 0 radical (unpaired) electrons. The third-order valence-corrected chi connectivity index (χ3v) is 4.70. The van der Waals surface area contributed by atoms with Crippen LogP contribution in [0, 0.1) is 11.8 Å². The van der Waals surface area contributed by atoms with Crippen LogP contribution in [0.15, 0.2) is 24.3 Å². The molecule has 2 atom stereocenters. The third-order valence-electron chi connectivity index (χ3n) is 4.70. The summed E-state index contributed by atoms with van der Waals surface area (Å²) in [5.41, 5.74) is 8.03. The Morgan fingerprint density at radius 3 is 2.95 bits per heavy atom. The highest BCUT2D eigenvalue weighted by molar-refractivity contribution is 5.98. The van der Waals surface area contributed by atoms with Gasteiger partial charge in [0.1, 0.15) is 5.69 Å². The molecule has 1 heterocycles. The largest absolute Gasteiger partial charge is 0.399 e. The Morgan fingerprint density at radius 2 is 2.14 bits per heavy atom. The lowest BCUT2D eigenvalue weighted by Crippen LogP contribution is -2.33. The summed E-state index contributed by atoms with van der Waals surface area (Å²) in [6.45, 7) is 3.07. The van der Waals surface area contributed by atoms with Crippen molar-refractivity contribution in [3.8, 4) is 0 Å². The van der Waals surface area contributed by atoms with Crippen molar-refractivity contribution in [1.29, 1.82) is 0 Å². The summed E-state index contributed by atoms with van der Waals surface area (Å²) in [6.07, 6.45) is 5.13. The molecule has 0 aliphatic heterocycles. The van der Waals surface area contributed by atoms with Crippen LogP contribution in [0.5, 0.6) is 0 Å². The second kappa shape index (κ2) is 5.80. The highest BCUT2D eigenvalue weighted by atomic mass is 16.1. The number of H-pyrrole nitrogens is 1.